The Morgan fingerprint density at radius 2 is 2.00 bits per heavy atom. The maximum absolute atomic E-state index is 12.1. The van der Waals surface area contributed by atoms with Gasteiger partial charge in [-0.25, -0.2) is 0 Å². The Hall–Kier alpha value is -1.39. The number of halogens is 3. The summed E-state index contributed by atoms with van der Waals surface area (Å²) in [6.45, 7) is -3.83. The van der Waals surface area contributed by atoms with Crippen LogP contribution in [0.5, 0.6) is 11.5 Å². The van der Waals surface area contributed by atoms with Crippen LogP contribution in [-0.4, -0.2) is 17.8 Å². The van der Waals surface area contributed by atoms with Crippen LogP contribution in [0.25, 0.3) is 0 Å². The van der Waals surface area contributed by atoms with E-state index in [2.05, 4.69) is 4.74 Å². The number of aromatic hydroxyl groups is 1. The van der Waals surface area contributed by atoms with Crippen molar-refractivity contribution in [1.29, 1.82) is 0 Å². The zero-order chi connectivity index (χ0) is 11.7. The van der Waals surface area contributed by atoms with Gasteiger partial charge in [0, 0.05) is 0 Å². The van der Waals surface area contributed by atoms with Crippen molar-refractivity contribution in [1.82, 2.24) is 0 Å². The van der Waals surface area contributed by atoms with E-state index in [0.717, 1.165) is 12.1 Å². The van der Waals surface area contributed by atoms with E-state index in [1.54, 1.807) is 0 Å². The molecule has 0 bridgehead atoms. The molecule has 1 rings (SSSR count). The van der Waals surface area contributed by atoms with Crippen LogP contribution in [0.15, 0.2) is 24.3 Å². The van der Waals surface area contributed by atoms with Crippen LogP contribution in [0.2, 0.25) is 0 Å². The van der Waals surface area contributed by atoms with E-state index in [0.29, 0.717) is 0 Å². The van der Waals surface area contributed by atoms with Crippen LogP contribution in [-0.2, 0) is 0 Å². The van der Waals surface area contributed by atoms with Gasteiger partial charge >= 0.3 is 6.18 Å². The van der Waals surface area contributed by atoms with Crippen molar-refractivity contribution in [3.05, 3.63) is 24.3 Å². The molecule has 0 saturated carbocycles. The molecule has 0 aliphatic carbocycles. The second kappa shape index (κ2) is 3.55. The van der Waals surface area contributed by atoms with Gasteiger partial charge in [0.2, 0.25) is 0 Å². The van der Waals surface area contributed by atoms with E-state index >= 15 is 0 Å². The third-order valence-corrected chi connectivity index (χ3v) is 1.14. The fraction of sp³-hybridized carbons (Fsp3) is 0.250. The number of hydrogen-bond donors (Lipinski definition) is 1. The lowest BCUT2D eigenvalue weighted by atomic mass is 10.3. The molecule has 0 fully saturated rings. The molecule has 0 aromatic heterocycles. The summed E-state index contributed by atoms with van der Waals surface area (Å²) in [5.41, 5.74) is 0. The van der Waals surface area contributed by atoms with Gasteiger partial charge in [0.25, 0.3) is 0 Å². The Balaban J connectivity index is 2.92. The topological polar surface area (TPSA) is 29.5 Å². The van der Waals surface area contributed by atoms with E-state index < -0.39 is 24.2 Å². The molecule has 0 radical (unpaired) electrons. The van der Waals surface area contributed by atoms with E-state index in [1.807, 2.05) is 0 Å². The molecule has 0 aliphatic heterocycles. The van der Waals surface area contributed by atoms with Gasteiger partial charge in [-0.2, -0.15) is 13.2 Å². The lowest BCUT2D eigenvalue weighted by Crippen LogP contribution is -2.19. The molecular formula is C8H7F3O2. The highest BCUT2D eigenvalue weighted by Gasteiger charge is 2.28. The Morgan fingerprint density at radius 3 is 2.54 bits per heavy atom. The molecule has 0 aliphatic rings. The average molecular weight is 194 g/mol. The SMILES string of the molecule is [2H]C([2H])(Oc1ccccc1O)C(F)(F)F. The average Bonchev–Trinajstić information content (AvgIpc) is 2.06. The summed E-state index contributed by atoms with van der Waals surface area (Å²) in [7, 11) is 0. The van der Waals surface area contributed by atoms with Crippen molar-refractivity contribution in [3.8, 4) is 11.5 Å². The second-order valence-corrected chi connectivity index (χ2v) is 2.17. The number of para-hydroxylation sites is 2. The molecule has 72 valence electrons. The molecular weight excluding hydrogens is 185 g/mol. The van der Waals surface area contributed by atoms with Crippen molar-refractivity contribution in [3.63, 3.8) is 0 Å². The summed E-state index contributed by atoms with van der Waals surface area (Å²) in [5, 5.41) is 9.08. The van der Waals surface area contributed by atoms with Crippen molar-refractivity contribution in [2.75, 3.05) is 6.56 Å². The summed E-state index contributed by atoms with van der Waals surface area (Å²) in [4.78, 5) is 0. The van der Waals surface area contributed by atoms with Crippen LogP contribution in [0, 0.1) is 0 Å². The lowest BCUT2D eigenvalue weighted by molar-refractivity contribution is -0.153. The third kappa shape index (κ3) is 3.23. The van der Waals surface area contributed by atoms with Crippen molar-refractivity contribution < 1.29 is 25.8 Å². The molecule has 0 unspecified atom stereocenters. The molecule has 0 atom stereocenters. The van der Waals surface area contributed by atoms with Gasteiger partial charge < -0.3 is 9.84 Å². The smallest absolute Gasteiger partial charge is 0.422 e. The van der Waals surface area contributed by atoms with E-state index in [1.165, 1.54) is 12.1 Å². The monoisotopic (exact) mass is 194 g/mol. The summed E-state index contributed by atoms with van der Waals surface area (Å²) < 4.78 is 53.5. The minimum Gasteiger partial charge on any atom is -0.504 e. The highest BCUT2D eigenvalue weighted by molar-refractivity contribution is 5.37. The number of benzene rings is 1. The first-order valence-corrected chi connectivity index (χ1v) is 3.28. The first kappa shape index (κ1) is 7.06. The van der Waals surface area contributed by atoms with Gasteiger partial charge in [-0.1, -0.05) is 12.1 Å². The van der Waals surface area contributed by atoms with Gasteiger partial charge in [0.05, 0.1) is 2.74 Å². The Morgan fingerprint density at radius 1 is 1.38 bits per heavy atom. The third-order valence-electron chi connectivity index (χ3n) is 1.14. The quantitative estimate of drug-likeness (QED) is 0.782. The molecule has 5 heteroatoms. The largest absolute Gasteiger partial charge is 0.504 e. The maximum atomic E-state index is 12.1. The normalized spacial score (nSPS) is 14.7. The standard InChI is InChI=1S/C8H7F3O2/c9-8(10,11)5-13-7-4-2-1-3-6(7)12/h1-4,12H,5H2/i5D2. The highest BCUT2D eigenvalue weighted by Crippen LogP contribution is 2.26. The Labute approximate surface area is 75.4 Å². The molecule has 0 heterocycles. The van der Waals surface area contributed by atoms with Gasteiger partial charge in [-0.15, -0.1) is 0 Å². The number of phenols is 1. The molecule has 1 N–H and O–H groups in total. The number of hydrogen-bond acceptors (Lipinski definition) is 2. The Kier molecular flexibility index (Phi) is 1.93. The Bertz CT molecular complexity index is 352. The minimum absolute atomic E-state index is 0.550. The predicted molar refractivity (Wildman–Crippen MR) is 39.7 cm³/mol. The molecule has 13 heavy (non-hydrogen) atoms. The summed E-state index contributed by atoms with van der Waals surface area (Å²) in [5.74, 6) is -1.11. The summed E-state index contributed by atoms with van der Waals surface area (Å²) >= 11 is 0. The predicted octanol–water partition coefficient (Wildman–Crippen LogP) is 2.33. The highest BCUT2D eigenvalue weighted by atomic mass is 19.4. The lowest BCUT2D eigenvalue weighted by Gasteiger charge is -2.09. The molecule has 1 aromatic carbocycles. The van der Waals surface area contributed by atoms with Crippen LogP contribution in [0.1, 0.15) is 2.74 Å². The fourth-order valence-electron chi connectivity index (χ4n) is 0.656. The first-order valence-electron chi connectivity index (χ1n) is 4.28. The number of ether oxygens (including phenoxy) is 1. The van der Waals surface area contributed by atoms with E-state index in [-0.39, 0.29) is 0 Å². The van der Waals surface area contributed by atoms with Gasteiger partial charge in [0.1, 0.15) is 0 Å². The number of phenolic OH excluding ortho intramolecular Hbond substituents is 1. The second-order valence-electron chi connectivity index (χ2n) is 2.17. The zero-order valence-electron chi connectivity index (χ0n) is 8.30. The van der Waals surface area contributed by atoms with Crippen molar-refractivity contribution in [2.45, 2.75) is 6.18 Å². The van der Waals surface area contributed by atoms with Gasteiger partial charge in [-0.05, 0) is 12.1 Å². The minimum atomic E-state index is -5.16. The van der Waals surface area contributed by atoms with E-state index in [4.69, 9.17) is 7.85 Å². The molecule has 0 spiro atoms. The van der Waals surface area contributed by atoms with Crippen LogP contribution >= 0.6 is 0 Å². The molecule has 0 amide bonds. The van der Waals surface area contributed by atoms with Crippen molar-refractivity contribution >= 4 is 0 Å². The number of alkyl halides is 3. The molecule has 2 nitrogen and oxygen atoms in total. The molecule has 0 saturated heterocycles. The van der Waals surface area contributed by atoms with Crippen LogP contribution in [0.3, 0.4) is 0 Å². The van der Waals surface area contributed by atoms with E-state index in [9.17, 15) is 13.2 Å². The molecule has 1 aromatic rings. The zero-order valence-corrected chi connectivity index (χ0v) is 6.30. The maximum Gasteiger partial charge on any atom is 0.422 e. The van der Waals surface area contributed by atoms with Crippen LogP contribution < -0.4 is 4.74 Å². The number of rotatable bonds is 2. The summed E-state index contributed by atoms with van der Waals surface area (Å²) in [6.07, 6.45) is -5.16. The van der Waals surface area contributed by atoms with Gasteiger partial charge in [0.15, 0.2) is 18.1 Å². The van der Waals surface area contributed by atoms with Crippen molar-refractivity contribution in [2.24, 2.45) is 0 Å². The first-order chi connectivity index (χ1) is 6.74. The van der Waals surface area contributed by atoms with Gasteiger partial charge in [-0.3, -0.25) is 0 Å². The fourth-order valence-corrected chi connectivity index (χ4v) is 0.656. The summed E-state index contributed by atoms with van der Waals surface area (Å²) in [6, 6.07) is 4.84. The van der Waals surface area contributed by atoms with Crippen LogP contribution in [0.4, 0.5) is 13.2 Å².